The summed E-state index contributed by atoms with van der Waals surface area (Å²) in [6, 6.07) is 35.3. The molecule has 0 saturated heterocycles. The number of carbonyl (C=O) groups excluding carboxylic acids is 2. The molecule has 4 aliphatic rings. The van der Waals surface area contributed by atoms with E-state index in [1.165, 1.54) is 123 Å². The molecule has 0 N–H and O–H groups in total. The minimum absolute atomic E-state index is 0.0134. The van der Waals surface area contributed by atoms with Crippen LogP contribution in [0.25, 0.3) is 0 Å². The van der Waals surface area contributed by atoms with E-state index in [0.717, 1.165) is 100 Å². The van der Waals surface area contributed by atoms with Crippen molar-refractivity contribution < 1.29 is 38.3 Å². The molecule has 0 amide bonds. The van der Waals surface area contributed by atoms with Crippen LogP contribution in [0, 0.1) is 31.6 Å². The van der Waals surface area contributed by atoms with Gasteiger partial charge >= 0.3 is 11.9 Å². The zero-order valence-corrected chi connectivity index (χ0v) is 48.5. The Hall–Kier alpha value is -5.08. The summed E-state index contributed by atoms with van der Waals surface area (Å²) >= 11 is 0. The Bertz CT molecular complexity index is 2290. The zero-order valence-electron chi connectivity index (χ0n) is 48.5. The normalized spacial score (nSPS) is 23.2. The third kappa shape index (κ3) is 21.2. The predicted molar refractivity (Wildman–Crippen MR) is 316 cm³/mol. The van der Waals surface area contributed by atoms with Crippen LogP contribution in [0.4, 0.5) is 0 Å². The first-order valence-electron chi connectivity index (χ1n) is 31.1. The molecule has 4 aromatic rings. The van der Waals surface area contributed by atoms with Gasteiger partial charge < -0.3 is 23.8 Å². The summed E-state index contributed by atoms with van der Waals surface area (Å²) in [5.41, 5.74) is 8.40. The lowest BCUT2D eigenvalue weighted by molar-refractivity contribution is -0.264. The van der Waals surface area contributed by atoms with Gasteiger partial charge in [0.1, 0.15) is 35.9 Å². The molecule has 0 heterocycles. The van der Waals surface area contributed by atoms with E-state index < -0.39 is 0 Å². The lowest BCUT2D eigenvalue weighted by Gasteiger charge is -2.31. The second-order valence-corrected chi connectivity index (χ2v) is 23.8. The van der Waals surface area contributed by atoms with Crippen LogP contribution in [-0.2, 0) is 35.3 Å². The molecule has 0 aromatic heterocycles. The highest BCUT2D eigenvalue weighted by Gasteiger charge is 2.31. The number of hydrogen-bond acceptors (Lipinski definition) is 8. The molecule has 0 atom stereocenters. The number of esters is 2. The van der Waals surface area contributed by atoms with Gasteiger partial charge in [-0.15, -0.1) is 0 Å². The van der Waals surface area contributed by atoms with E-state index in [4.69, 9.17) is 28.7 Å². The molecule has 0 spiro atoms. The standard InChI is InChI=1S/C37H54O4.C33H44O4/c1-3-4-8-30-13-19-33(20-14-30)37(38)41-36-25-17-32(18-26-36)10-6-5-9-31-15-23-35(24-16-31)40-28-7-27-39-34-21-11-29(2)12-22-34;1-4-5-22-35-37-25(3)23-33(34)36-32-20-18-31(19-21-32)30-16-14-29(15-17-30)28-12-10-27(11-13-28)26-8-6-24(2)7-9-26/h11-12,15-16,21-24,30,32-33,36H,3-10,13-14,17-20,25-28H2,1-2H3;6-9,14-17,27-28,31-32H,3-5,10-13,18-23H2,1-2H3. The highest BCUT2D eigenvalue weighted by Crippen LogP contribution is 2.42. The summed E-state index contributed by atoms with van der Waals surface area (Å²) < 4.78 is 23.3. The molecule has 4 aliphatic carbocycles. The summed E-state index contributed by atoms with van der Waals surface area (Å²) in [6.45, 7) is 14.2. The maximum Gasteiger partial charge on any atom is 0.313 e. The molecule has 0 unspecified atom stereocenters. The fourth-order valence-corrected chi connectivity index (χ4v) is 12.5. The second-order valence-electron chi connectivity index (χ2n) is 23.8. The fraction of sp³-hybridized carbons (Fsp3) is 0.600. The maximum atomic E-state index is 12.7. The van der Waals surface area contributed by atoms with E-state index in [1.54, 1.807) is 0 Å². The zero-order chi connectivity index (χ0) is 54.7. The molecule has 0 aliphatic heterocycles. The van der Waals surface area contributed by atoms with E-state index in [9.17, 15) is 9.59 Å². The minimum atomic E-state index is -0.283. The van der Waals surface area contributed by atoms with Crippen molar-refractivity contribution in [3.05, 3.63) is 143 Å². The van der Waals surface area contributed by atoms with Crippen molar-refractivity contribution in [1.29, 1.82) is 0 Å². The van der Waals surface area contributed by atoms with Gasteiger partial charge in [-0.3, -0.25) is 9.59 Å². The third-order valence-corrected chi connectivity index (χ3v) is 17.5. The van der Waals surface area contributed by atoms with Gasteiger partial charge in [0.05, 0.1) is 25.7 Å². The monoisotopic (exact) mass is 1070 g/mol. The Labute approximate surface area is 471 Å². The topological polar surface area (TPSA) is 89.5 Å². The van der Waals surface area contributed by atoms with Crippen molar-refractivity contribution in [3.8, 4) is 11.5 Å². The average molecular weight is 1070 g/mol. The summed E-state index contributed by atoms with van der Waals surface area (Å²) in [5.74, 6) is 5.71. The summed E-state index contributed by atoms with van der Waals surface area (Å²) in [4.78, 5) is 35.1. The van der Waals surface area contributed by atoms with Crippen LogP contribution < -0.4 is 9.47 Å². The van der Waals surface area contributed by atoms with Gasteiger partial charge in [-0.2, -0.15) is 4.89 Å². The number of aryl methyl sites for hydroxylation is 3. The molecule has 8 heteroatoms. The molecule has 8 nitrogen and oxygen atoms in total. The van der Waals surface area contributed by atoms with Crippen molar-refractivity contribution in [2.75, 3.05) is 19.8 Å². The molecule has 426 valence electrons. The van der Waals surface area contributed by atoms with Crippen LogP contribution in [0.1, 0.15) is 232 Å². The fourth-order valence-electron chi connectivity index (χ4n) is 12.5. The minimum Gasteiger partial charge on any atom is -0.493 e. The average Bonchev–Trinajstić information content (AvgIpc) is 3.47. The van der Waals surface area contributed by atoms with Crippen LogP contribution in [0.3, 0.4) is 0 Å². The van der Waals surface area contributed by atoms with Crippen molar-refractivity contribution in [2.24, 2.45) is 17.8 Å². The molecule has 4 saturated carbocycles. The van der Waals surface area contributed by atoms with Gasteiger partial charge in [0, 0.05) is 6.42 Å². The van der Waals surface area contributed by atoms with Gasteiger partial charge in [0.25, 0.3) is 0 Å². The van der Waals surface area contributed by atoms with E-state index in [2.05, 4.69) is 119 Å². The summed E-state index contributed by atoms with van der Waals surface area (Å²) in [7, 11) is 0. The Kier molecular flexibility index (Phi) is 26.0. The number of hydrogen-bond donors (Lipinski definition) is 0. The summed E-state index contributed by atoms with van der Waals surface area (Å²) in [6.07, 6.45) is 30.0. The van der Waals surface area contributed by atoms with Crippen LogP contribution >= 0.6 is 0 Å². The third-order valence-electron chi connectivity index (χ3n) is 17.5. The van der Waals surface area contributed by atoms with Gasteiger partial charge in [-0.25, -0.2) is 0 Å². The SMILES string of the molecule is C=C(CC(=O)OC1CCC(c2ccc(C3CCC(c4ccc(C)cc4)CC3)cc2)CC1)OOCCCC.CCCCC1CCC(C(=O)OC2CCC(CCCCc3ccc(OCCCOc4ccc(C)cc4)cc3)CC2)CC1. The van der Waals surface area contributed by atoms with Crippen LogP contribution in [0.5, 0.6) is 11.5 Å². The highest BCUT2D eigenvalue weighted by molar-refractivity contribution is 5.73. The molecule has 4 fully saturated rings. The van der Waals surface area contributed by atoms with Crippen LogP contribution in [-0.4, -0.2) is 44.0 Å². The maximum absolute atomic E-state index is 12.7. The number of unbranched alkanes of at least 4 members (excludes halogenated alkanes) is 3. The number of rotatable bonds is 27. The van der Waals surface area contributed by atoms with Crippen molar-refractivity contribution in [2.45, 2.75) is 231 Å². The van der Waals surface area contributed by atoms with Gasteiger partial charge in [0.15, 0.2) is 0 Å². The van der Waals surface area contributed by atoms with Crippen LogP contribution in [0.15, 0.2) is 109 Å². The molecular formula is C70H98O8. The predicted octanol–water partition coefficient (Wildman–Crippen LogP) is 18.3. The smallest absolute Gasteiger partial charge is 0.313 e. The molecular weight excluding hydrogens is 969 g/mol. The quantitative estimate of drug-likeness (QED) is 0.0192. The molecule has 78 heavy (non-hydrogen) atoms. The molecule has 0 bridgehead atoms. The Morgan fingerprint density at radius 1 is 0.474 bits per heavy atom. The lowest BCUT2D eigenvalue weighted by Crippen LogP contribution is -2.30. The van der Waals surface area contributed by atoms with E-state index in [1.807, 2.05) is 12.1 Å². The molecule has 8 rings (SSSR count). The van der Waals surface area contributed by atoms with E-state index in [0.29, 0.717) is 43.3 Å². The van der Waals surface area contributed by atoms with Gasteiger partial charge in [-0.1, -0.05) is 143 Å². The van der Waals surface area contributed by atoms with Crippen molar-refractivity contribution in [3.63, 3.8) is 0 Å². The lowest BCUT2D eigenvalue weighted by atomic mass is 9.75. The largest absolute Gasteiger partial charge is 0.493 e. The van der Waals surface area contributed by atoms with Gasteiger partial charge in [-0.05, 0) is 212 Å². The number of benzene rings is 4. The second kappa shape index (κ2) is 33.5. The Morgan fingerprint density at radius 2 is 0.923 bits per heavy atom. The van der Waals surface area contributed by atoms with Crippen molar-refractivity contribution >= 4 is 11.9 Å². The number of carbonyl (C=O) groups is 2. The number of ether oxygens (including phenoxy) is 4. The Morgan fingerprint density at radius 3 is 1.46 bits per heavy atom. The first-order valence-corrected chi connectivity index (χ1v) is 31.1. The molecule has 0 radical (unpaired) electrons. The van der Waals surface area contributed by atoms with E-state index >= 15 is 0 Å². The van der Waals surface area contributed by atoms with Gasteiger partial charge in [0.2, 0.25) is 0 Å². The highest BCUT2D eigenvalue weighted by atomic mass is 17.2. The van der Waals surface area contributed by atoms with E-state index in [-0.39, 0.29) is 36.5 Å². The Balaban J connectivity index is 0.000000227. The van der Waals surface area contributed by atoms with Crippen LogP contribution in [0.2, 0.25) is 0 Å². The first-order chi connectivity index (χ1) is 38.1. The first kappa shape index (κ1) is 60.6. The van der Waals surface area contributed by atoms with Crippen molar-refractivity contribution in [1.82, 2.24) is 0 Å². The summed E-state index contributed by atoms with van der Waals surface area (Å²) in [5, 5.41) is 0. The molecule has 4 aromatic carbocycles.